The van der Waals surface area contributed by atoms with Gasteiger partial charge < -0.3 is 20.1 Å². The largest absolute Gasteiger partial charge is 0.347 e. The van der Waals surface area contributed by atoms with Gasteiger partial charge in [-0.15, -0.1) is 0 Å². The average Bonchev–Trinajstić information content (AvgIpc) is 2.99. The number of amides is 2. The lowest BCUT2D eigenvalue weighted by Crippen LogP contribution is -2.41. The Bertz CT molecular complexity index is 653. The third kappa shape index (κ3) is 4.38. The molecule has 1 saturated carbocycles. The Morgan fingerprint density at radius 3 is 2.68 bits per heavy atom. The summed E-state index contributed by atoms with van der Waals surface area (Å²) in [7, 11) is 0. The monoisotopic (exact) mass is 346 g/mol. The molecular weight excluding hydrogens is 320 g/mol. The highest BCUT2D eigenvalue weighted by Gasteiger charge is 2.42. The van der Waals surface area contributed by atoms with Crippen LogP contribution in [0.4, 0.5) is 5.69 Å². The van der Waals surface area contributed by atoms with Gasteiger partial charge in [-0.3, -0.25) is 9.59 Å². The Balaban J connectivity index is 1.47. The number of anilines is 1. The van der Waals surface area contributed by atoms with Crippen LogP contribution in [-0.2, 0) is 19.1 Å². The summed E-state index contributed by atoms with van der Waals surface area (Å²) in [5, 5.41) is 5.30. The highest BCUT2D eigenvalue weighted by Crippen LogP contribution is 2.37. The first-order chi connectivity index (χ1) is 12.0. The van der Waals surface area contributed by atoms with E-state index in [1.165, 1.54) is 6.42 Å². The highest BCUT2D eigenvalue weighted by molar-refractivity contribution is 6.39. The summed E-state index contributed by atoms with van der Waals surface area (Å²) in [4.78, 5) is 24.1. The molecule has 1 aromatic carbocycles. The summed E-state index contributed by atoms with van der Waals surface area (Å²) in [5.74, 6) is -1.79. The molecular formula is C19H26N2O4. The third-order valence-corrected chi connectivity index (χ3v) is 4.87. The standard InChI is InChI=1S/C19H26N2O4/c1-13-6-7-14(2)16(10-13)21-18(23)17(22)20-11-15-12-24-19(25-15)8-4-3-5-9-19/h6-7,10,15H,3-5,8-9,11-12H2,1-2H3,(H,20,22)(H,21,23)/t15-/m0/s1. The second-order valence-corrected chi connectivity index (χ2v) is 7.00. The quantitative estimate of drug-likeness (QED) is 0.824. The highest BCUT2D eigenvalue weighted by atomic mass is 16.7. The predicted molar refractivity (Wildman–Crippen MR) is 94.2 cm³/mol. The molecule has 2 fully saturated rings. The van der Waals surface area contributed by atoms with Crippen LogP contribution in [0.25, 0.3) is 0 Å². The van der Waals surface area contributed by atoms with Gasteiger partial charge in [0.15, 0.2) is 5.79 Å². The van der Waals surface area contributed by atoms with Crippen molar-refractivity contribution in [3.63, 3.8) is 0 Å². The molecule has 1 atom stereocenters. The number of hydrogen-bond donors (Lipinski definition) is 2. The van der Waals surface area contributed by atoms with Gasteiger partial charge in [0.2, 0.25) is 0 Å². The van der Waals surface area contributed by atoms with Crippen molar-refractivity contribution in [3.05, 3.63) is 29.3 Å². The van der Waals surface area contributed by atoms with Crippen LogP contribution in [-0.4, -0.2) is 36.9 Å². The maximum atomic E-state index is 12.1. The van der Waals surface area contributed by atoms with Crippen molar-refractivity contribution in [2.45, 2.75) is 57.8 Å². The molecule has 1 aliphatic heterocycles. The number of carbonyl (C=O) groups is 2. The zero-order valence-electron chi connectivity index (χ0n) is 14.9. The van der Waals surface area contributed by atoms with Crippen LogP contribution in [0.3, 0.4) is 0 Å². The summed E-state index contributed by atoms with van der Waals surface area (Å²) in [6.07, 6.45) is 5.05. The number of aryl methyl sites for hydroxylation is 2. The number of benzene rings is 1. The van der Waals surface area contributed by atoms with Gasteiger partial charge in [0.1, 0.15) is 6.10 Å². The zero-order chi connectivity index (χ0) is 17.9. The lowest BCUT2D eigenvalue weighted by atomic mass is 9.94. The molecule has 3 rings (SSSR count). The SMILES string of the molecule is Cc1ccc(C)c(NC(=O)C(=O)NC[C@H]2COC3(CCCCC3)O2)c1. The van der Waals surface area contributed by atoms with Gasteiger partial charge in [-0.1, -0.05) is 18.6 Å². The number of ether oxygens (including phenoxy) is 2. The minimum atomic E-state index is -0.667. The molecule has 0 unspecified atom stereocenters. The van der Waals surface area contributed by atoms with Crippen LogP contribution in [0.1, 0.15) is 43.2 Å². The smallest absolute Gasteiger partial charge is 0.313 e. The Morgan fingerprint density at radius 2 is 1.92 bits per heavy atom. The first-order valence-electron chi connectivity index (χ1n) is 8.96. The summed E-state index contributed by atoms with van der Waals surface area (Å²) < 4.78 is 11.8. The van der Waals surface area contributed by atoms with E-state index in [1.807, 2.05) is 32.0 Å². The summed E-state index contributed by atoms with van der Waals surface area (Å²) in [6.45, 7) is 4.56. The van der Waals surface area contributed by atoms with Crippen molar-refractivity contribution >= 4 is 17.5 Å². The molecule has 2 aliphatic rings. The van der Waals surface area contributed by atoms with Crippen molar-refractivity contribution in [1.29, 1.82) is 0 Å². The molecule has 25 heavy (non-hydrogen) atoms. The average molecular weight is 346 g/mol. The molecule has 2 amide bonds. The van der Waals surface area contributed by atoms with Crippen molar-refractivity contribution in [2.24, 2.45) is 0 Å². The molecule has 1 aromatic rings. The van der Waals surface area contributed by atoms with Crippen molar-refractivity contribution < 1.29 is 19.1 Å². The molecule has 6 heteroatoms. The van der Waals surface area contributed by atoms with Crippen LogP contribution < -0.4 is 10.6 Å². The van der Waals surface area contributed by atoms with E-state index in [2.05, 4.69) is 10.6 Å². The molecule has 1 aliphatic carbocycles. The molecule has 1 spiro atoms. The van der Waals surface area contributed by atoms with E-state index in [4.69, 9.17) is 9.47 Å². The molecule has 0 radical (unpaired) electrons. The fourth-order valence-electron chi connectivity index (χ4n) is 3.41. The fraction of sp³-hybridized carbons (Fsp3) is 0.579. The van der Waals surface area contributed by atoms with Crippen molar-refractivity contribution in [1.82, 2.24) is 5.32 Å². The molecule has 6 nitrogen and oxygen atoms in total. The lowest BCUT2D eigenvalue weighted by molar-refractivity contribution is -0.186. The van der Waals surface area contributed by atoms with Crippen LogP contribution in [0.15, 0.2) is 18.2 Å². The Kier molecular flexibility index (Phi) is 5.39. The number of carbonyl (C=O) groups excluding carboxylic acids is 2. The molecule has 0 bridgehead atoms. The second-order valence-electron chi connectivity index (χ2n) is 7.00. The van der Waals surface area contributed by atoms with E-state index in [0.717, 1.165) is 36.8 Å². The first kappa shape index (κ1) is 17.9. The van der Waals surface area contributed by atoms with Gasteiger partial charge in [0.25, 0.3) is 0 Å². The molecule has 0 aromatic heterocycles. The Morgan fingerprint density at radius 1 is 1.16 bits per heavy atom. The van der Waals surface area contributed by atoms with Gasteiger partial charge in [-0.2, -0.15) is 0 Å². The summed E-state index contributed by atoms with van der Waals surface area (Å²) in [6, 6.07) is 5.72. The molecule has 2 N–H and O–H groups in total. The van der Waals surface area contributed by atoms with E-state index in [-0.39, 0.29) is 12.6 Å². The first-order valence-corrected chi connectivity index (χ1v) is 8.96. The molecule has 1 heterocycles. The summed E-state index contributed by atoms with van der Waals surface area (Å²) >= 11 is 0. The van der Waals surface area contributed by atoms with Crippen molar-refractivity contribution in [3.8, 4) is 0 Å². The number of hydrogen-bond acceptors (Lipinski definition) is 4. The molecule has 136 valence electrons. The van der Waals surface area contributed by atoms with Crippen molar-refractivity contribution in [2.75, 3.05) is 18.5 Å². The zero-order valence-corrected chi connectivity index (χ0v) is 14.9. The van der Waals surface area contributed by atoms with E-state index in [1.54, 1.807) is 0 Å². The second kappa shape index (κ2) is 7.54. The number of rotatable bonds is 3. The van der Waals surface area contributed by atoms with E-state index in [9.17, 15) is 9.59 Å². The lowest BCUT2D eigenvalue weighted by Gasteiger charge is -2.31. The Labute approximate surface area is 148 Å². The van der Waals surface area contributed by atoms with Gasteiger partial charge in [0, 0.05) is 25.1 Å². The van der Waals surface area contributed by atoms with E-state index in [0.29, 0.717) is 12.3 Å². The van der Waals surface area contributed by atoms with Gasteiger partial charge >= 0.3 is 11.8 Å². The van der Waals surface area contributed by atoms with Crippen LogP contribution in [0.5, 0.6) is 0 Å². The van der Waals surface area contributed by atoms with E-state index >= 15 is 0 Å². The molecule has 1 saturated heterocycles. The van der Waals surface area contributed by atoms with E-state index < -0.39 is 17.6 Å². The summed E-state index contributed by atoms with van der Waals surface area (Å²) in [5.41, 5.74) is 2.59. The minimum Gasteiger partial charge on any atom is -0.347 e. The fourth-order valence-corrected chi connectivity index (χ4v) is 3.41. The Hall–Kier alpha value is -1.92. The van der Waals surface area contributed by atoms with Gasteiger partial charge in [-0.05, 0) is 43.9 Å². The number of nitrogens with one attached hydrogen (secondary N) is 2. The van der Waals surface area contributed by atoms with Gasteiger partial charge in [-0.25, -0.2) is 0 Å². The van der Waals surface area contributed by atoms with Crippen LogP contribution >= 0.6 is 0 Å². The third-order valence-electron chi connectivity index (χ3n) is 4.87. The topological polar surface area (TPSA) is 76.7 Å². The van der Waals surface area contributed by atoms with Crippen LogP contribution in [0, 0.1) is 13.8 Å². The minimum absolute atomic E-state index is 0.199. The van der Waals surface area contributed by atoms with Gasteiger partial charge in [0.05, 0.1) is 6.61 Å². The predicted octanol–water partition coefficient (Wildman–Crippen LogP) is 2.43. The maximum absolute atomic E-state index is 12.1. The van der Waals surface area contributed by atoms with Crippen LogP contribution in [0.2, 0.25) is 0 Å². The normalized spacial score (nSPS) is 21.9. The maximum Gasteiger partial charge on any atom is 0.313 e.